The molecule has 0 bridgehead atoms. The molecule has 314 valence electrons. The Bertz CT molecular complexity index is 2320. The zero-order chi connectivity index (χ0) is 42.7. The summed E-state index contributed by atoms with van der Waals surface area (Å²) in [5.41, 5.74) is 2.53. The summed E-state index contributed by atoms with van der Waals surface area (Å²) in [7, 11) is -5.51. The number of aliphatic carboxylic acids is 2. The summed E-state index contributed by atoms with van der Waals surface area (Å²) in [5.74, 6) is 1.29. The molecule has 0 saturated carbocycles. The number of carboxylic acids is 2. The van der Waals surface area contributed by atoms with Gasteiger partial charge in [-0.05, 0) is 109 Å². The minimum atomic E-state index is -3.72. The van der Waals surface area contributed by atoms with E-state index < -0.39 is 32.0 Å². The molecule has 59 heavy (non-hydrogen) atoms. The number of methoxy groups -OCH3 is 1. The number of hydrogen-bond donors (Lipinski definition) is 4. The summed E-state index contributed by atoms with van der Waals surface area (Å²) in [6.45, 7) is 1.14. The van der Waals surface area contributed by atoms with Crippen LogP contribution in [0.3, 0.4) is 0 Å². The molecule has 0 saturated heterocycles. The number of nitrogens with one attached hydrogen (secondary N) is 2. The van der Waals surface area contributed by atoms with Crippen molar-refractivity contribution in [1.82, 2.24) is 0 Å². The van der Waals surface area contributed by atoms with Crippen LogP contribution in [0.1, 0.15) is 24.0 Å². The molecular formula is C42H46N2O13S2. The lowest BCUT2D eigenvalue weighted by Crippen LogP contribution is -2.13. The monoisotopic (exact) mass is 850 g/mol. The smallest absolute Gasteiger partial charge is 0.303 e. The molecule has 0 aliphatic carbocycles. The minimum Gasteiger partial charge on any atom is -0.497 e. The van der Waals surface area contributed by atoms with Gasteiger partial charge in [-0.3, -0.25) is 19.0 Å². The number of aryl methyl sites for hydroxylation is 2. The number of ether oxygens (including phenoxy) is 5. The normalized spacial score (nSPS) is 10.9. The van der Waals surface area contributed by atoms with Crippen molar-refractivity contribution < 1.29 is 60.3 Å². The standard InChI is InChI=1S/C24H25NO7S.C18H21NO6S/c1-30-20-11-13-22(14-12-20)33(28,29)25-19-7-9-21(10-8-19)31-16-17-32-23-5-3-2-4-18(23)6-15-24(26)27;1-26(22,23)19-15-7-9-16(10-8-15)24-12-13-25-17-5-3-2-4-14(17)6-11-18(20)21/h2-5,7-14,25H,6,15-17H2,1H3,(H,26,27);2-5,7-10,19H,6,11-13H2,1H3,(H,20,21). The van der Waals surface area contributed by atoms with Crippen LogP contribution in [-0.4, -0.2) is 78.8 Å². The van der Waals surface area contributed by atoms with Gasteiger partial charge in [0.15, 0.2) is 0 Å². The Kier molecular flexibility index (Phi) is 17.2. The minimum absolute atomic E-state index is 0.0332. The lowest BCUT2D eigenvalue weighted by atomic mass is 10.1. The molecule has 17 heteroatoms. The molecule has 0 aliphatic heterocycles. The first-order valence-electron chi connectivity index (χ1n) is 18.2. The van der Waals surface area contributed by atoms with E-state index in [2.05, 4.69) is 9.44 Å². The number of sulfonamides is 2. The van der Waals surface area contributed by atoms with E-state index in [9.17, 15) is 26.4 Å². The van der Waals surface area contributed by atoms with Crippen LogP contribution in [0.4, 0.5) is 11.4 Å². The number of anilines is 2. The van der Waals surface area contributed by atoms with E-state index in [-0.39, 0.29) is 31.0 Å². The summed E-state index contributed by atoms with van der Waals surface area (Å²) in [4.78, 5) is 21.6. The summed E-state index contributed by atoms with van der Waals surface area (Å²) in [6.07, 6.45) is 1.96. The van der Waals surface area contributed by atoms with Crippen molar-refractivity contribution in [2.24, 2.45) is 0 Å². The van der Waals surface area contributed by atoms with E-state index in [1.54, 1.807) is 72.8 Å². The average Bonchev–Trinajstić information content (AvgIpc) is 3.21. The Morgan fingerprint density at radius 2 is 0.915 bits per heavy atom. The molecule has 5 rings (SSSR count). The van der Waals surface area contributed by atoms with Gasteiger partial charge >= 0.3 is 11.9 Å². The van der Waals surface area contributed by atoms with E-state index >= 15 is 0 Å². The number of para-hydroxylation sites is 2. The Morgan fingerprint density at radius 3 is 1.32 bits per heavy atom. The van der Waals surface area contributed by atoms with Gasteiger partial charge in [0.2, 0.25) is 10.0 Å². The summed E-state index contributed by atoms with van der Waals surface area (Å²) >= 11 is 0. The van der Waals surface area contributed by atoms with Gasteiger partial charge in [0.1, 0.15) is 55.2 Å². The van der Waals surface area contributed by atoms with E-state index in [0.29, 0.717) is 66.2 Å². The van der Waals surface area contributed by atoms with Gasteiger partial charge in [0.25, 0.3) is 10.0 Å². The second-order valence-electron chi connectivity index (χ2n) is 12.6. The van der Waals surface area contributed by atoms with Crippen molar-refractivity contribution in [3.05, 3.63) is 132 Å². The van der Waals surface area contributed by atoms with E-state index in [0.717, 1.165) is 17.4 Å². The fourth-order valence-corrected chi connectivity index (χ4v) is 6.85. The van der Waals surface area contributed by atoms with Gasteiger partial charge in [-0.1, -0.05) is 36.4 Å². The predicted molar refractivity (Wildman–Crippen MR) is 222 cm³/mol. The van der Waals surface area contributed by atoms with Gasteiger partial charge in [-0.25, -0.2) is 16.8 Å². The highest BCUT2D eigenvalue weighted by atomic mass is 32.2. The van der Waals surface area contributed by atoms with Crippen LogP contribution in [0, 0.1) is 0 Å². The predicted octanol–water partition coefficient (Wildman–Crippen LogP) is 6.50. The van der Waals surface area contributed by atoms with Crippen LogP contribution >= 0.6 is 0 Å². The molecule has 0 radical (unpaired) electrons. The third-order valence-electron chi connectivity index (χ3n) is 8.01. The maximum atomic E-state index is 12.5. The van der Waals surface area contributed by atoms with Crippen LogP contribution in [0.2, 0.25) is 0 Å². The Hall–Kier alpha value is -6.46. The number of carbonyl (C=O) groups is 2. The highest BCUT2D eigenvalue weighted by Crippen LogP contribution is 2.23. The Labute approximate surface area is 343 Å². The highest BCUT2D eigenvalue weighted by Gasteiger charge is 2.14. The maximum absolute atomic E-state index is 12.5. The molecule has 5 aromatic carbocycles. The second kappa shape index (κ2) is 22.5. The van der Waals surface area contributed by atoms with Gasteiger partial charge in [-0.15, -0.1) is 0 Å². The molecule has 5 aromatic rings. The van der Waals surface area contributed by atoms with Crippen molar-refractivity contribution in [2.45, 2.75) is 30.6 Å². The highest BCUT2D eigenvalue weighted by molar-refractivity contribution is 7.92. The first kappa shape index (κ1) is 45.2. The first-order chi connectivity index (χ1) is 28.2. The van der Waals surface area contributed by atoms with E-state index in [4.69, 9.17) is 33.9 Å². The molecule has 15 nitrogen and oxygen atoms in total. The molecule has 0 aromatic heterocycles. The zero-order valence-electron chi connectivity index (χ0n) is 32.4. The van der Waals surface area contributed by atoms with Crippen molar-refractivity contribution in [2.75, 3.05) is 49.2 Å². The molecule has 0 aliphatic rings. The maximum Gasteiger partial charge on any atom is 0.303 e. The Balaban J connectivity index is 0.000000268. The molecule has 0 fully saturated rings. The molecule has 0 unspecified atom stereocenters. The number of hydrogen-bond acceptors (Lipinski definition) is 11. The van der Waals surface area contributed by atoms with Crippen molar-refractivity contribution in [3.8, 4) is 28.7 Å². The van der Waals surface area contributed by atoms with Crippen LogP contribution < -0.4 is 33.1 Å². The molecular weight excluding hydrogens is 805 g/mol. The lowest BCUT2D eigenvalue weighted by Gasteiger charge is -2.12. The third-order valence-corrected chi connectivity index (χ3v) is 10.0. The van der Waals surface area contributed by atoms with Gasteiger partial charge < -0.3 is 33.9 Å². The van der Waals surface area contributed by atoms with Crippen LogP contribution in [0.5, 0.6) is 28.7 Å². The van der Waals surface area contributed by atoms with Gasteiger partial charge in [-0.2, -0.15) is 0 Å². The molecule has 4 N–H and O–H groups in total. The molecule has 0 atom stereocenters. The van der Waals surface area contributed by atoms with Crippen molar-refractivity contribution in [3.63, 3.8) is 0 Å². The van der Waals surface area contributed by atoms with Crippen molar-refractivity contribution >= 4 is 43.4 Å². The van der Waals surface area contributed by atoms with Crippen molar-refractivity contribution in [1.29, 1.82) is 0 Å². The quantitative estimate of drug-likeness (QED) is 0.0548. The largest absolute Gasteiger partial charge is 0.497 e. The fourth-order valence-electron chi connectivity index (χ4n) is 5.23. The third kappa shape index (κ3) is 16.5. The van der Waals surface area contributed by atoms with Crippen LogP contribution in [0.15, 0.2) is 126 Å². The summed E-state index contributed by atoms with van der Waals surface area (Å²) in [5, 5.41) is 17.7. The number of rotatable bonds is 22. The Morgan fingerprint density at radius 1 is 0.525 bits per heavy atom. The van der Waals surface area contributed by atoms with Crippen LogP contribution in [-0.2, 0) is 42.5 Å². The fraction of sp³-hybridized carbons (Fsp3) is 0.238. The first-order valence-corrected chi connectivity index (χ1v) is 21.5. The second-order valence-corrected chi connectivity index (χ2v) is 16.0. The summed E-state index contributed by atoms with van der Waals surface area (Å²) < 4.78 is 79.9. The average molecular weight is 851 g/mol. The van der Waals surface area contributed by atoms with Gasteiger partial charge in [0.05, 0.1) is 18.3 Å². The number of benzene rings is 5. The lowest BCUT2D eigenvalue weighted by molar-refractivity contribution is -0.138. The molecule has 0 amide bonds. The summed E-state index contributed by atoms with van der Waals surface area (Å²) in [6, 6.07) is 33.8. The number of carboxylic acid groups (broad SMARTS) is 2. The van der Waals surface area contributed by atoms with E-state index in [1.807, 2.05) is 36.4 Å². The molecule has 0 spiro atoms. The van der Waals surface area contributed by atoms with Gasteiger partial charge in [0, 0.05) is 24.2 Å². The zero-order valence-corrected chi connectivity index (χ0v) is 34.0. The van der Waals surface area contributed by atoms with E-state index in [1.165, 1.54) is 19.2 Å². The topological polar surface area (TPSA) is 213 Å². The van der Waals surface area contributed by atoms with Crippen LogP contribution in [0.25, 0.3) is 0 Å². The molecule has 0 heterocycles. The SMILES string of the molecule is COc1ccc(S(=O)(=O)Nc2ccc(OCCOc3ccccc3CCC(=O)O)cc2)cc1.CS(=O)(=O)Nc1ccc(OCCOc2ccccc2CCC(=O)O)cc1.